The molecule has 11 rings (SSSR count). The number of ketones is 4. The van der Waals surface area contributed by atoms with Gasteiger partial charge in [-0.05, 0) is 89.0 Å². The van der Waals surface area contributed by atoms with Crippen molar-refractivity contribution in [1.82, 2.24) is 30.2 Å². The summed E-state index contributed by atoms with van der Waals surface area (Å²) in [6.45, 7) is 7.42. The number of benzene rings is 4. The number of rotatable bonds is 3. The molecule has 0 saturated carbocycles. The maximum atomic E-state index is 13.1. The highest BCUT2D eigenvalue weighted by Crippen LogP contribution is 2.33. The van der Waals surface area contributed by atoms with Crippen LogP contribution in [0, 0.1) is 0 Å². The molecule has 58 heavy (non-hydrogen) atoms. The van der Waals surface area contributed by atoms with E-state index in [1.165, 1.54) is 64.5 Å². The molecule has 0 bridgehead atoms. The topological polar surface area (TPSA) is 150 Å². The maximum absolute atomic E-state index is 13.1. The summed E-state index contributed by atoms with van der Waals surface area (Å²) in [5, 5.41) is 3.28. The molecule has 0 amide bonds. The molecule has 298 valence electrons. The van der Waals surface area contributed by atoms with Crippen molar-refractivity contribution in [3.63, 3.8) is 0 Å². The number of aromatic nitrogens is 4. The summed E-state index contributed by atoms with van der Waals surface area (Å²) in [6, 6.07) is 20.9. The number of piperidine rings is 2. The van der Waals surface area contributed by atoms with Crippen LogP contribution in [-0.4, -0.2) is 87.4 Å². The molecular formula is C46H47ClN6O5. The van der Waals surface area contributed by atoms with Gasteiger partial charge in [0.15, 0.2) is 23.1 Å². The van der Waals surface area contributed by atoms with Crippen LogP contribution in [0.4, 0.5) is 0 Å². The number of likely N-dealkylation sites (tertiary alicyclic amines) is 1. The third-order valence-electron chi connectivity index (χ3n) is 11.2. The molecule has 5 aliphatic rings. The second-order valence-corrected chi connectivity index (χ2v) is 15.4. The molecule has 4 aromatic carbocycles. The average molecular weight is 799 g/mol. The molecular weight excluding hydrogens is 752 g/mol. The van der Waals surface area contributed by atoms with Crippen molar-refractivity contribution in [1.29, 1.82) is 0 Å². The molecule has 6 aromatic rings. The van der Waals surface area contributed by atoms with E-state index in [4.69, 9.17) is 21.3 Å². The number of fused-ring (bicyclic) bond motifs is 8. The average Bonchev–Trinajstić information content (AvgIpc) is 4.08. The lowest BCUT2D eigenvalue weighted by molar-refractivity contribution is 0.0980. The van der Waals surface area contributed by atoms with Crippen molar-refractivity contribution in [3.05, 3.63) is 129 Å². The normalized spacial score (nSPS) is 17.2. The van der Waals surface area contributed by atoms with Gasteiger partial charge in [-0.3, -0.25) is 24.1 Å². The highest BCUT2D eigenvalue weighted by atomic mass is 35.5. The molecule has 3 aliphatic heterocycles. The number of H-pyrrole nitrogens is 2. The number of alkyl halides is 1. The van der Waals surface area contributed by atoms with Crippen LogP contribution in [0.1, 0.15) is 127 Å². The number of nitrogens with one attached hydrogen (secondary N) is 3. The van der Waals surface area contributed by atoms with Crippen LogP contribution in [0.5, 0.6) is 0 Å². The number of hydrogen-bond acceptors (Lipinski definition) is 9. The third kappa shape index (κ3) is 8.17. The van der Waals surface area contributed by atoms with Crippen molar-refractivity contribution >= 4 is 56.8 Å². The first-order chi connectivity index (χ1) is 28.4. The maximum Gasteiger partial charge on any atom is 0.196 e. The zero-order valence-electron chi connectivity index (χ0n) is 32.5. The first kappa shape index (κ1) is 39.5. The number of carbonyl (C=O) groups excluding carboxylic acids is 4. The van der Waals surface area contributed by atoms with Gasteiger partial charge in [-0.25, -0.2) is 9.97 Å². The van der Waals surface area contributed by atoms with Gasteiger partial charge in [0.05, 0.1) is 34.6 Å². The second kappa shape index (κ2) is 18.1. The van der Waals surface area contributed by atoms with Crippen molar-refractivity contribution in [2.24, 2.45) is 0 Å². The van der Waals surface area contributed by atoms with Crippen LogP contribution in [0.15, 0.2) is 72.8 Å². The SMILES string of the molecule is C1CCNCC1.C1CCOC1.O=C1c2ccccc2C(=O)c2c1ccc1[nH]c(CCl)nc21.O=C1c2ccccc2C(=O)c2c1ccc1[nH]c(CN3CCCCC3)nc21. The van der Waals surface area contributed by atoms with Crippen LogP contribution in [0.2, 0.25) is 0 Å². The Morgan fingerprint density at radius 2 is 1.00 bits per heavy atom. The molecule has 2 aromatic heterocycles. The third-order valence-corrected chi connectivity index (χ3v) is 11.4. The van der Waals surface area contributed by atoms with E-state index in [-0.39, 0.29) is 29.0 Å². The van der Waals surface area contributed by atoms with Crippen molar-refractivity contribution < 1.29 is 23.9 Å². The molecule has 3 N–H and O–H groups in total. The van der Waals surface area contributed by atoms with Crippen LogP contribution >= 0.6 is 11.6 Å². The molecule has 0 radical (unpaired) electrons. The number of halogens is 1. The fourth-order valence-corrected chi connectivity index (χ4v) is 8.32. The zero-order valence-corrected chi connectivity index (χ0v) is 33.3. The Labute approximate surface area is 341 Å². The van der Waals surface area contributed by atoms with Gasteiger partial charge < -0.3 is 20.0 Å². The molecule has 0 unspecified atom stereocenters. The first-order valence-corrected chi connectivity index (χ1v) is 20.9. The Balaban J connectivity index is 0.000000130. The molecule has 3 fully saturated rings. The predicted octanol–water partition coefficient (Wildman–Crippen LogP) is 7.96. The lowest BCUT2D eigenvalue weighted by Gasteiger charge is -2.25. The predicted molar refractivity (Wildman–Crippen MR) is 224 cm³/mol. The monoisotopic (exact) mass is 798 g/mol. The van der Waals surface area contributed by atoms with Crippen LogP contribution in [-0.2, 0) is 17.2 Å². The highest BCUT2D eigenvalue weighted by Gasteiger charge is 2.33. The van der Waals surface area contributed by atoms with E-state index < -0.39 is 0 Å². The van der Waals surface area contributed by atoms with E-state index in [2.05, 4.69) is 25.2 Å². The summed E-state index contributed by atoms with van der Waals surface area (Å²) >= 11 is 5.78. The molecule has 0 spiro atoms. The van der Waals surface area contributed by atoms with Crippen LogP contribution in [0.25, 0.3) is 22.1 Å². The number of imidazole rings is 2. The minimum absolute atomic E-state index is 0.0994. The Kier molecular flexibility index (Phi) is 12.3. The van der Waals surface area contributed by atoms with Gasteiger partial charge in [0, 0.05) is 46.6 Å². The quantitative estimate of drug-likeness (QED) is 0.151. The van der Waals surface area contributed by atoms with Gasteiger partial charge in [-0.15, -0.1) is 11.6 Å². The van der Waals surface area contributed by atoms with E-state index in [1.54, 1.807) is 66.7 Å². The highest BCUT2D eigenvalue weighted by molar-refractivity contribution is 6.32. The number of ether oxygens (including phenoxy) is 1. The van der Waals surface area contributed by atoms with Gasteiger partial charge in [0.25, 0.3) is 0 Å². The van der Waals surface area contributed by atoms with Crippen molar-refractivity contribution in [3.8, 4) is 0 Å². The zero-order chi connectivity index (χ0) is 40.0. The second-order valence-electron chi connectivity index (χ2n) is 15.1. The van der Waals surface area contributed by atoms with Gasteiger partial charge in [0.2, 0.25) is 0 Å². The smallest absolute Gasteiger partial charge is 0.196 e. The molecule has 11 nitrogen and oxygen atoms in total. The number of nitrogens with zero attached hydrogens (tertiary/aromatic N) is 3. The summed E-state index contributed by atoms with van der Waals surface area (Å²) in [6.07, 6.45) is 10.5. The standard InChI is InChI=1S/C21H19N3O2.C16H9ClN2O2.C5H11N.C4H8O/c25-20-13-6-2-3-7-14(13)21(26)18-15(20)8-9-16-19(18)23-17(22-16)12-24-10-4-1-5-11-24;17-7-12-18-11-6-5-10-13(14(11)19-12)16(21)9-4-2-1-3-8(9)15(10)20;1-2-4-6-5-3-1;1-2-4-5-3-1/h2-3,6-9H,1,4-5,10-12H2,(H,22,23);1-6H,7H2,(H,18,19);6H,1-5H2;1-4H2. The van der Waals surface area contributed by atoms with E-state index in [1.807, 2.05) is 6.07 Å². The Bertz CT molecular complexity index is 2470. The summed E-state index contributed by atoms with van der Waals surface area (Å²) in [4.78, 5) is 69.0. The summed E-state index contributed by atoms with van der Waals surface area (Å²) in [5.74, 6) is 1.14. The fraction of sp³-hybridized carbons (Fsp3) is 0.348. The summed E-state index contributed by atoms with van der Waals surface area (Å²) in [7, 11) is 0. The van der Waals surface area contributed by atoms with Crippen molar-refractivity contribution in [2.45, 2.75) is 63.8 Å². The largest absolute Gasteiger partial charge is 0.381 e. The Hall–Kier alpha value is -5.33. The van der Waals surface area contributed by atoms with Gasteiger partial charge in [-0.2, -0.15) is 0 Å². The van der Waals surface area contributed by atoms with Crippen molar-refractivity contribution in [2.75, 3.05) is 39.4 Å². The molecule has 0 atom stereocenters. The Morgan fingerprint density at radius 3 is 1.43 bits per heavy atom. The fourth-order valence-electron chi connectivity index (χ4n) is 8.19. The summed E-state index contributed by atoms with van der Waals surface area (Å²) in [5.41, 5.74) is 6.14. The minimum Gasteiger partial charge on any atom is -0.381 e. The number of aromatic amines is 2. The van der Waals surface area contributed by atoms with E-state index in [0.29, 0.717) is 66.9 Å². The van der Waals surface area contributed by atoms with Crippen LogP contribution < -0.4 is 5.32 Å². The lowest BCUT2D eigenvalue weighted by atomic mass is 9.83. The lowest BCUT2D eigenvalue weighted by Crippen LogP contribution is -2.29. The molecule has 5 heterocycles. The van der Waals surface area contributed by atoms with Crippen LogP contribution in [0.3, 0.4) is 0 Å². The Morgan fingerprint density at radius 1 is 0.534 bits per heavy atom. The van der Waals surface area contributed by atoms with E-state index in [9.17, 15) is 19.2 Å². The van der Waals surface area contributed by atoms with E-state index in [0.717, 1.165) is 44.2 Å². The van der Waals surface area contributed by atoms with E-state index >= 15 is 0 Å². The molecule has 3 saturated heterocycles. The van der Waals surface area contributed by atoms with Gasteiger partial charge in [0.1, 0.15) is 22.7 Å². The van der Waals surface area contributed by atoms with Gasteiger partial charge in [-0.1, -0.05) is 61.4 Å². The van der Waals surface area contributed by atoms with Gasteiger partial charge >= 0.3 is 0 Å². The summed E-state index contributed by atoms with van der Waals surface area (Å²) < 4.78 is 4.94. The first-order valence-electron chi connectivity index (χ1n) is 20.4. The minimum atomic E-state index is -0.168. The molecule has 2 aliphatic carbocycles. The number of carbonyl (C=O) groups is 4. The number of hydrogen-bond donors (Lipinski definition) is 3. The molecule has 12 heteroatoms.